The molecule has 0 bridgehead atoms. The van der Waals surface area contributed by atoms with Crippen LogP contribution in [0, 0.1) is 6.92 Å². The van der Waals surface area contributed by atoms with Gasteiger partial charge in [-0.2, -0.15) is 0 Å². The van der Waals surface area contributed by atoms with Gasteiger partial charge in [0.1, 0.15) is 0 Å². The number of hydrogen-bond acceptors (Lipinski definition) is 4. The van der Waals surface area contributed by atoms with Gasteiger partial charge in [-0.1, -0.05) is 19.3 Å². The summed E-state index contributed by atoms with van der Waals surface area (Å²) in [5, 5.41) is 5.81. The normalized spacial score (nSPS) is 18.7. The Bertz CT molecular complexity index is 592. The molecule has 5 heteroatoms. The van der Waals surface area contributed by atoms with Crippen molar-refractivity contribution in [2.75, 3.05) is 20.6 Å². The highest BCUT2D eigenvalue weighted by molar-refractivity contribution is 7.15. The largest absolute Gasteiger partial charge is 0.309 e. The number of thiazole rings is 1. The second kappa shape index (κ2) is 6.07. The maximum absolute atomic E-state index is 4.62. The van der Waals surface area contributed by atoms with E-state index in [1.165, 1.54) is 37.8 Å². The highest BCUT2D eigenvalue weighted by Crippen LogP contribution is 2.31. The van der Waals surface area contributed by atoms with E-state index in [-0.39, 0.29) is 0 Å². The minimum absolute atomic E-state index is 0.338. The molecule has 2 aromatic heterocycles. The van der Waals surface area contributed by atoms with E-state index in [1.54, 1.807) is 11.3 Å². The minimum atomic E-state index is 0.338. The first kappa shape index (κ1) is 15.0. The Morgan fingerprint density at radius 3 is 2.81 bits per heavy atom. The number of nitrogens with one attached hydrogen (secondary N) is 1. The number of hydrogen-bond donors (Lipinski definition) is 1. The molecule has 1 fully saturated rings. The topological polar surface area (TPSA) is 32.6 Å². The van der Waals surface area contributed by atoms with Gasteiger partial charge in [0.05, 0.1) is 11.4 Å². The Morgan fingerprint density at radius 2 is 2.10 bits per heavy atom. The SMILES string of the molecule is Cc1nc2sccn2c1CNCC1(N(C)C)CCCCC1. The van der Waals surface area contributed by atoms with Crippen molar-refractivity contribution in [3.8, 4) is 0 Å². The maximum Gasteiger partial charge on any atom is 0.194 e. The molecule has 0 radical (unpaired) electrons. The molecule has 3 rings (SSSR count). The lowest BCUT2D eigenvalue weighted by Crippen LogP contribution is -2.52. The van der Waals surface area contributed by atoms with Crippen LogP contribution in [0.15, 0.2) is 11.6 Å². The molecule has 0 amide bonds. The zero-order valence-electron chi connectivity index (χ0n) is 13.4. The number of rotatable bonds is 5. The summed E-state index contributed by atoms with van der Waals surface area (Å²) in [5.41, 5.74) is 2.79. The molecule has 116 valence electrons. The highest BCUT2D eigenvalue weighted by atomic mass is 32.1. The van der Waals surface area contributed by atoms with Gasteiger partial charge in [0, 0.05) is 30.2 Å². The average Bonchev–Trinajstić information content (AvgIpc) is 3.02. The van der Waals surface area contributed by atoms with E-state index in [0.29, 0.717) is 5.54 Å². The molecular formula is C16H26N4S. The van der Waals surface area contributed by atoms with Crippen LogP contribution in [-0.4, -0.2) is 40.5 Å². The van der Waals surface area contributed by atoms with Gasteiger partial charge in [0.25, 0.3) is 0 Å². The number of aryl methyl sites for hydroxylation is 1. The van der Waals surface area contributed by atoms with Crippen molar-refractivity contribution in [1.29, 1.82) is 0 Å². The van der Waals surface area contributed by atoms with Crippen LogP contribution in [0.5, 0.6) is 0 Å². The summed E-state index contributed by atoms with van der Waals surface area (Å²) >= 11 is 1.70. The average molecular weight is 306 g/mol. The second-order valence-electron chi connectivity index (χ2n) is 6.48. The Hall–Kier alpha value is -0.910. The van der Waals surface area contributed by atoms with Gasteiger partial charge in [0.2, 0.25) is 0 Å². The first-order valence-corrected chi connectivity index (χ1v) is 8.79. The number of nitrogens with zero attached hydrogens (tertiary/aromatic N) is 3. The molecule has 21 heavy (non-hydrogen) atoms. The van der Waals surface area contributed by atoms with E-state index in [1.807, 2.05) is 0 Å². The summed E-state index contributed by atoms with van der Waals surface area (Å²) in [5.74, 6) is 0. The smallest absolute Gasteiger partial charge is 0.194 e. The van der Waals surface area contributed by atoms with Crippen LogP contribution in [0.25, 0.3) is 4.96 Å². The lowest BCUT2D eigenvalue weighted by molar-refractivity contribution is 0.0982. The van der Waals surface area contributed by atoms with Gasteiger partial charge in [-0.15, -0.1) is 11.3 Å². The van der Waals surface area contributed by atoms with Gasteiger partial charge in [0.15, 0.2) is 4.96 Å². The highest BCUT2D eigenvalue weighted by Gasteiger charge is 2.33. The number of likely N-dealkylation sites (N-methyl/N-ethyl adjacent to an activating group) is 1. The third kappa shape index (κ3) is 2.87. The molecular weight excluding hydrogens is 280 g/mol. The zero-order valence-corrected chi connectivity index (χ0v) is 14.2. The molecule has 1 N–H and O–H groups in total. The van der Waals surface area contributed by atoms with Crippen molar-refractivity contribution in [3.63, 3.8) is 0 Å². The quantitative estimate of drug-likeness (QED) is 0.921. The first-order chi connectivity index (χ1) is 10.1. The fraction of sp³-hybridized carbons (Fsp3) is 0.688. The molecule has 4 nitrogen and oxygen atoms in total. The molecule has 0 saturated heterocycles. The number of aromatic nitrogens is 2. The van der Waals surface area contributed by atoms with Crippen molar-refractivity contribution in [2.24, 2.45) is 0 Å². The van der Waals surface area contributed by atoms with Crippen LogP contribution in [0.2, 0.25) is 0 Å². The van der Waals surface area contributed by atoms with Crippen LogP contribution in [0.4, 0.5) is 0 Å². The van der Waals surface area contributed by atoms with Crippen LogP contribution in [-0.2, 0) is 6.54 Å². The summed E-state index contributed by atoms with van der Waals surface area (Å²) in [7, 11) is 4.46. The molecule has 2 aromatic rings. The van der Waals surface area contributed by atoms with Gasteiger partial charge < -0.3 is 10.2 Å². The van der Waals surface area contributed by atoms with Crippen LogP contribution in [0.3, 0.4) is 0 Å². The van der Waals surface area contributed by atoms with E-state index in [9.17, 15) is 0 Å². The molecule has 0 unspecified atom stereocenters. The van der Waals surface area contributed by atoms with E-state index < -0.39 is 0 Å². The van der Waals surface area contributed by atoms with Crippen molar-refractivity contribution in [2.45, 2.75) is 51.1 Å². The van der Waals surface area contributed by atoms with E-state index in [0.717, 1.165) is 23.7 Å². The fourth-order valence-corrected chi connectivity index (χ4v) is 4.34. The molecule has 0 atom stereocenters. The third-order valence-corrected chi connectivity index (χ3v) is 5.80. The molecule has 1 saturated carbocycles. The van der Waals surface area contributed by atoms with Crippen molar-refractivity contribution >= 4 is 16.3 Å². The van der Waals surface area contributed by atoms with Gasteiger partial charge in [-0.05, 0) is 33.9 Å². The predicted octanol–water partition coefficient (Wildman–Crippen LogP) is 3.06. The van der Waals surface area contributed by atoms with Crippen molar-refractivity contribution in [3.05, 3.63) is 23.0 Å². The summed E-state index contributed by atoms with van der Waals surface area (Å²) < 4.78 is 2.22. The zero-order chi connectivity index (χ0) is 14.9. The van der Waals surface area contributed by atoms with Crippen LogP contribution in [0.1, 0.15) is 43.5 Å². The number of fused-ring (bicyclic) bond motifs is 1. The standard InChI is InChI=1S/C16H26N4S/c1-13-14(20-9-10-21-15(20)18-13)11-17-12-16(19(2)3)7-5-4-6-8-16/h9-10,17H,4-8,11-12H2,1-3H3. The first-order valence-electron chi connectivity index (χ1n) is 7.92. The molecule has 0 aliphatic heterocycles. The van der Waals surface area contributed by atoms with Gasteiger partial charge in [-0.3, -0.25) is 4.40 Å². The lowest BCUT2D eigenvalue weighted by Gasteiger charge is -2.43. The van der Waals surface area contributed by atoms with Crippen LogP contribution >= 0.6 is 11.3 Å². The van der Waals surface area contributed by atoms with E-state index in [4.69, 9.17) is 0 Å². The van der Waals surface area contributed by atoms with Crippen LogP contribution < -0.4 is 5.32 Å². The van der Waals surface area contributed by atoms with Gasteiger partial charge >= 0.3 is 0 Å². The molecule has 1 aliphatic carbocycles. The maximum atomic E-state index is 4.62. The summed E-state index contributed by atoms with van der Waals surface area (Å²) in [4.78, 5) is 8.16. The Labute approximate surface area is 131 Å². The Balaban J connectivity index is 1.67. The predicted molar refractivity (Wildman–Crippen MR) is 89.0 cm³/mol. The lowest BCUT2D eigenvalue weighted by atomic mass is 9.80. The fourth-order valence-electron chi connectivity index (χ4n) is 3.56. The van der Waals surface area contributed by atoms with Crippen molar-refractivity contribution in [1.82, 2.24) is 19.6 Å². The van der Waals surface area contributed by atoms with Crippen molar-refractivity contribution < 1.29 is 0 Å². The molecule has 1 aliphatic rings. The van der Waals surface area contributed by atoms with E-state index >= 15 is 0 Å². The van der Waals surface area contributed by atoms with E-state index in [2.05, 4.69) is 52.2 Å². The summed E-state index contributed by atoms with van der Waals surface area (Å²) in [6.07, 6.45) is 8.87. The Kier molecular flexibility index (Phi) is 4.33. The van der Waals surface area contributed by atoms with Gasteiger partial charge in [-0.25, -0.2) is 4.98 Å². The molecule has 0 spiro atoms. The monoisotopic (exact) mass is 306 g/mol. The summed E-state index contributed by atoms with van der Waals surface area (Å²) in [6, 6.07) is 0. The number of imidazole rings is 1. The molecule has 0 aromatic carbocycles. The second-order valence-corrected chi connectivity index (χ2v) is 7.36. The molecule has 2 heterocycles. The minimum Gasteiger partial charge on any atom is -0.309 e. The summed E-state index contributed by atoms with van der Waals surface area (Å²) in [6.45, 7) is 4.08. The Morgan fingerprint density at radius 1 is 1.33 bits per heavy atom. The third-order valence-electron chi connectivity index (χ3n) is 5.04.